The van der Waals surface area contributed by atoms with Gasteiger partial charge in [0, 0.05) is 0 Å². The van der Waals surface area contributed by atoms with Crippen LogP contribution in [0.5, 0.6) is 11.5 Å². The lowest BCUT2D eigenvalue weighted by atomic mass is 9.95. The molecule has 0 N–H and O–H groups in total. The summed E-state index contributed by atoms with van der Waals surface area (Å²) in [5, 5.41) is 0. The van der Waals surface area contributed by atoms with Gasteiger partial charge in [-0.3, -0.25) is 0 Å². The highest BCUT2D eigenvalue weighted by molar-refractivity contribution is 7.88. The van der Waals surface area contributed by atoms with E-state index in [2.05, 4.69) is 8.37 Å². The average molecular weight is 538 g/mol. The van der Waals surface area contributed by atoms with Crippen molar-refractivity contribution in [2.75, 3.05) is 0 Å². The molecule has 4 rings (SSSR count). The predicted octanol–water partition coefficient (Wildman–Crippen LogP) is 5.38. The molecule has 0 heterocycles. The van der Waals surface area contributed by atoms with Crippen LogP contribution in [0.2, 0.25) is 0 Å². The molecule has 1 aliphatic rings. The molecule has 0 saturated carbocycles. The Hall–Kier alpha value is -3.26. The minimum Gasteiger partial charge on any atom is -0.372 e. The molecule has 35 heavy (non-hydrogen) atoms. The van der Waals surface area contributed by atoms with Crippen molar-refractivity contribution in [3.05, 3.63) is 71.8 Å². The predicted molar refractivity (Wildman–Crippen MR) is 111 cm³/mol. The lowest BCUT2D eigenvalue weighted by Gasteiger charge is -2.16. The molecule has 0 spiro atoms. The molecule has 0 fully saturated rings. The smallest absolute Gasteiger partial charge is 0.372 e. The Kier molecular flexibility index (Phi) is 5.79. The molecule has 0 unspecified atom stereocenters. The van der Waals surface area contributed by atoms with Gasteiger partial charge in [-0.1, -0.05) is 48.5 Å². The maximum absolute atomic E-state index is 12.9. The van der Waals surface area contributed by atoms with Crippen LogP contribution in [0.15, 0.2) is 60.7 Å². The van der Waals surface area contributed by atoms with Crippen molar-refractivity contribution >= 4 is 20.2 Å². The zero-order chi connectivity index (χ0) is 25.8. The molecule has 14 heteroatoms. The summed E-state index contributed by atoms with van der Waals surface area (Å²) in [4.78, 5) is 0. The first-order chi connectivity index (χ1) is 16.1. The molecule has 1 aliphatic carbocycles. The topological polar surface area (TPSA) is 86.7 Å². The molecule has 0 saturated heterocycles. The van der Waals surface area contributed by atoms with E-state index in [4.69, 9.17) is 0 Å². The number of halogens is 6. The maximum atomic E-state index is 12.9. The van der Waals surface area contributed by atoms with Crippen molar-refractivity contribution in [3.8, 4) is 33.8 Å². The van der Waals surface area contributed by atoms with Gasteiger partial charge >= 0.3 is 31.3 Å². The first-order valence-corrected chi connectivity index (χ1v) is 12.3. The lowest BCUT2D eigenvalue weighted by Crippen LogP contribution is -2.30. The highest BCUT2D eigenvalue weighted by Crippen LogP contribution is 2.44. The van der Waals surface area contributed by atoms with Gasteiger partial charge in [0.05, 0.1) is 0 Å². The van der Waals surface area contributed by atoms with Crippen LogP contribution in [0.1, 0.15) is 11.1 Å². The van der Waals surface area contributed by atoms with E-state index in [-0.39, 0.29) is 5.56 Å². The number of rotatable bonds is 5. The van der Waals surface area contributed by atoms with Crippen LogP contribution in [-0.2, 0) is 26.7 Å². The fourth-order valence-electron chi connectivity index (χ4n) is 3.57. The summed E-state index contributed by atoms with van der Waals surface area (Å²) in [6.07, 6.45) is 0.416. The van der Waals surface area contributed by atoms with Crippen LogP contribution in [0, 0.1) is 0 Å². The van der Waals surface area contributed by atoms with E-state index in [9.17, 15) is 43.2 Å². The largest absolute Gasteiger partial charge is 0.534 e. The van der Waals surface area contributed by atoms with Gasteiger partial charge in [0.2, 0.25) is 0 Å². The van der Waals surface area contributed by atoms with Crippen LogP contribution >= 0.6 is 0 Å². The highest BCUT2D eigenvalue weighted by atomic mass is 32.2. The van der Waals surface area contributed by atoms with Crippen molar-refractivity contribution in [3.63, 3.8) is 0 Å². The van der Waals surface area contributed by atoms with Crippen molar-refractivity contribution in [2.24, 2.45) is 0 Å². The molecule has 0 radical (unpaired) electrons. The molecule has 0 bridgehead atoms. The minimum atomic E-state index is -6.37. The summed E-state index contributed by atoms with van der Waals surface area (Å²) in [6, 6.07) is 14.7. The van der Waals surface area contributed by atoms with Crippen LogP contribution in [0.4, 0.5) is 26.3 Å². The Labute approximate surface area is 195 Å². The molecule has 0 amide bonds. The molecule has 0 aromatic heterocycles. The van der Waals surface area contributed by atoms with Crippen molar-refractivity contribution in [1.29, 1.82) is 0 Å². The van der Waals surface area contributed by atoms with Crippen LogP contribution in [0.25, 0.3) is 22.3 Å². The summed E-state index contributed by atoms with van der Waals surface area (Å²) in [7, 11) is -12.7. The average Bonchev–Trinajstić information content (AvgIpc) is 3.12. The Balaban J connectivity index is 1.85. The lowest BCUT2D eigenvalue weighted by molar-refractivity contribution is -0.0513. The van der Waals surface area contributed by atoms with E-state index in [0.29, 0.717) is 24.1 Å². The zero-order valence-corrected chi connectivity index (χ0v) is 18.6. The third-order valence-corrected chi connectivity index (χ3v) is 7.00. The molecule has 0 atom stereocenters. The van der Waals surface area contributed by atoms with Gasteiger partial charge in [-0.2, -0.15) is 43.2 Å². The van der Waals surface area contributed by atoms with E-state index in [1.807, 2.05) is 24.3 Å². The molecule has 6 nitrogen and oxygen atoms in total. The van der Waals surface area contributed by atoms with E-state index in [0.717, 1.165) is 28.3 Å². The van der Waals surface area contributed by atoms with Gasteiger partial charge in [0.1, 0.15) is 0 Å². The molecule has 0 aliphatic heterocycles. The van der Waals surface area contributed by atoms with Gasteiger partial charge in [-0.05, 0) is 51.9 Å². The number of fused-ring (bicyclic) bond motifs is 3. The SMILES string of the molecule is O=S(=O)(Oc1ccc(-c2cccc3c2Cc2ccccc2-3)cc1OS(=O)(=O)C(F)(F)F)C(F)(F)F. The Morgan fingerprint density at radius 3 is 1.80 bits per heavy atom. The number of benzene rings is 3. The monoisotopic (exact) mass is 538 g/mol. The van der Waals surface area contributed by atoms with Gasteiger partial charge in [0.15, 0.2) is 11.5 Å². The van der Waals surface area contributed by atoms with E-state index < -0.39 is 42.8 Å². The standard InChI is InChI=1S/C21H12F6O6S2/c22-20(23,24)34(28,29)32-18-9-8-13(11-19(18)33-35(30,31)21(25,26)27)15-6-3-7-16-14-5-2-1-4-12(14)10-17(15)16/h1-9,11H,10H2. The third-order valence-electron chi connectivity index (χ3n) is 5.07. The zero-order valence-electron chi connectivity index (χ0n) is 17.0. The fraction of sp³-hybridized carbons (Fsp3) is 0.143. The highest BCUT2D eigenvalue weighted by Gasteiger charge is 2.51. The van der Waals surface area contributed by atoms with Gasteiger partial charge in [-0.25, -0.2) is 0 Å². The van der Waals surface area contributed by atoms with Crippen molar-refractivity contribution < 1.29 is 51.5 Å². The molecule has 3 aromatic carbocycles. The van der Waals surface area contributed by atoms with Gasteiger partial charge < -0.3 is 8.37 Å². The van der Waals surface area contributed by atoms with E-state index in [1.165, 1.54) is 0 Å². The normalized spacial score (nSPS) is 13.8. The third kappa shape index (κ3) is 4.55. The maximum Gasteiger partial charge on any atom is 0.534 e. The first kappa shape index (κ1) is 24.9. The second kappa shape index (κ2) is 8.16. The Morgan fingerprint density at radius 1 is 0.629 bits per heavy atom. The first-order valence-electron chi connectivity index (χ1n) is 9.47. The summed E-state index contributed by atoms with van der Waals surface area (Å²) < 4.78 is 131. The van der Waals surface area contributed by atoms with Crippen molar-refractivity contribution in [1.82, 2.24) is 0 Å². The second-order valence-electron chi connectivity index (χ2n) is 7.29. The van der Waals surface area contributed by atoms with Gasteiger partial charge in [-0.15, -0.1) is 0 Å². The van der Waals surface area contributed by atoms with Crippen LogP contribution in [0.3, 0.4) is 0 Å². The Morgan fingerprint density at radius 2 is 1.17 bits per heavy atom. The summed E-state index contributed by atoms with van der Waals surface area (Å²) in [5.74, 6) is -2.78. The summed E-state index contributed by atoms with van der Waals surface area (Å²) in [5.41, 5.74) is -8.05. The van der Waals surface area contributed by atoms with Gasteiger partial charge in [0.25, 0.3) is 0 Å². The number of alkyl halides is 6. The second-order valence-corrected chi connectivity index (χ2v) is 10.4. The summed E-state index contributed by atoms with van der Waals surface area (Å²) >= 11 is 0. The Bertz CT molecular complexity index is 1530. The molecule has 3 aromatic rings. The quantitative estimate of drug-likeness (QED) is 0.193. The van der Waals surface area contributed by atoms with E-state index >= 15 is 0 Å². The minimum absolute atomic E-state index is 0.0544. The van der Waals surface area contributed by atoms with E-state index in [1.54, 1.807) is 18.2 Å². The number of hydrogen-bond acceptors (Lipinski definition) is 6. The number of hydrogen-bond donors (Lipinski definition) is 0. The van der Waals surface area contributed by atoms with Crippen LogP contribution < -0.4 is 8.37 Å². The van der Waals surface area contributed by atoms with Crippen LogP contribution in [-0.4, -0.2) is 27.9 Å². The molecule has 186 valence electrons. The molecular formula is C21H12F6O6S2. The molecular weight excluding hydrogens is 526 g/mol. The summed E-state index contributed by atoms with van der Waals surface area (Å²) in [6.45, 7) is 0. The fourth-order valence-corrected chi connectivity index (χ4v) is 4.50. The van der Waals surface area contributed by atoms with Crippen molar-refractivity contribution in [2.45, 2.75) is 17.4 Å².